The van der Waals surface area contributed by atoms with Crippen molar-refractivity contribution in [2.75, 3.05) is 32.9 Å². The molecule has 2 bridgehead atoms. The fraction of sp³-hybridized carbons (Fsp3) is 0.577. The number of benzene rings is 2. The van der Waals surface area contributed by atoms with E-state index in [-0.39, 0.29) is 27.3 Å². The molecule has 2 saturated heterocycles. The number of hydrogen-bond donors (Lipinski definition) is 2. The minimum Gasteiger partial charge on any atom is -0.506 e. The number of ether oxygens (including phenoxy) is 7. The molecule has 3 heterocycles. The maximum atomic E-state index is 13.0. The van der Waals surface area contributed by atoms with Crippen molar-refractivity contribution >= 4 is 39.1 Å². The van der Waals surface area contributed by atoms with Crippen LogP contribution < -0.4 is 9.47 Å². The number of halogens is 1. The van der Waals surface area contributed by atoms with Crippen molar-refractivity contribution in [3.8, 4) is 17.2 Å². The summed E-state index contributed by atoms with van der Waals surface area (Å²) < 4.78 is 42.4. The van der Waals surface area contributed by atoms with Crippen LogP contribution in [0.3, 0.4) is 0 Å². The summed E-state index contributed by atoms with van der Waals surface area (Å²) in [7, 11) is 5.84. The first kappa shape index (κ1) is 25.5. The van der Waals surface area contributed by atoms with E-state index in [1.165, 1.54) is 21.3 Å². The second-order valence-electron chi connectivity index (χ2n) is 9.89. The van der Waals surface area contributed by atoms with Gasteiger partial charge in [-0.25, -0.2) is 0 Å². The number of hydrogen-bond acceptors (Lipinski definition) is 10. The lowest BCUT2D eigenvalue weighted by Gasteiger charge is -2.54. The summed E-state index contributed by atoms with van der Waals surface area (Å²) >= 11 is 2.02. The Hall–Kier alpha value is -1.74. The zero-order valence-electron chi connectivity index (χ0n) is 21.2. The molecule has 200 valence electrons. The molecule has 3 aliphatic heterocycles. The van der Waals surface area contributed by atoms with E-state index in [4.69, 9.17) is 33.2 Å². The Morgan fingerprint density at radius 3 is 2.54 bits per heavy atom. The number of rotatable bonds is 6. The zero-order valence-corrected chi connectivity index (χ0v) is 23.3. The van der Waals surface area contributed by atoms with Gasteiger partial charge in [0.1, 0.15) is 23.4 Å². The smallest absolute Gasteiger partial charge is 0.275 e. The van der Waals surface area contributed by atoms with Crippen molar-refractivity contribution in [2.24, 2.45) is 0 Å². The van der Waals surface area contributed by atoms with E-state index in [0.717, 1.165) is 5.56 Å². The molecule has 1 aliphatic carbocycles. The summed E-state index contributed by atoms with van der Waals surface area (Å²) in [6.45, 7) is 1.90. The lowest BCUT2D eigenvalue weighted by Crippen LogP contribution is -2.76. The number of fused-ring (bicyclic) bond motifs is 6. The van der Waals surface area contributed by atoms with Gasteiger partial charge < -0.3 is 43.4 Å². The predicted octanol–water partition coefficient (Wildman–Crippen LogP) is 3.07. The second-order valence-corrected chi connectivity index (χ2v) is 10.6. The van der Waals surface area contributed by atoms with Crippen LogP contribution in [0.15, 0.2) is 6.07 Å². The maximum absolute atomic E-state index is 13.0. The van der Waals surface area contributed by atoms with Crippen molar-refractivity contribution in [1.82, 2.24) is 0 Å². The second kappa shape index (κ2) is 8.38. The van der Waals surface area contributed by atoms with E-state index >= 15 is 0 Å². The summed E-state index contributed by atoms with van der Waals surface area (Å²) in [5.41, 5.74) is 0.466. The molecule has 37 heavy (non-hydrogen) atoms. The number of carbonyl (C=O) groups excluding carboxylic acids is 1. The van der Waals surface area contributed by atoms with E-state index < -0.39 is 35.7 Å². The van der Waals surface area contributed by atoms with Crippen LogP contribution in [-0.2, 0) is 30.1 Å². The van der Waals surface area contributed by atoms with E-state index in [9.17, 15) is 15.0 Å². The monoisotopic (exact) mass is 628 g/mol. The Bertz CT molecular complexity index is 1320. The molecule has 11 heteroatoms. The summed E-state index contributed by atoms with van der Waals surface area (Å²) in [5.74, 6) is -3.05. The Morgan fingerprint density at radius 1 is 1.19 bits per heavy atom. The average molecular weight is 628 g/mol. The van der Waals surface area contributed by atoms with Crippen LogP contribution in [0.5, 0.6) is 17.2 Å². The van der Waals surface area contributed by atoms with Crippen LogP contribution in [0.4, 0.5) is 0 Å². The third-order valence-electron chi connectivity index (χ3n) is 8.31. The Kier molecular flexibility index (Phi) is 5.78. The van der Waals surface area contributed by atoms with Crippen LogP contribution in [0.2, 0.25) is 0 Å². The SMILES string of the molecule is COc1c2c(c(O)c3c4c(c(C)cc13)C1OC3(C(OC)OC)OC1[C@@](OC)(O4)[C@@]3(O)CI)C(=O)CCC2. The number of carbonyl (C=O) groups is 1. The Labute approximate surface area is 227 Å². The normalized spacial score (nSPS) is 33.6. The molecule has 2 N–H and O–H groups in total. The molecule has 0 saturated carbocycles. The Balaban J connectivity index is 1.69. The molecule has 6 rings (SSSR count). The number of ketones is 1. The highest BCUT2D eigenvalue weighted by atomic mass is 127. The van der Waals surface area contributed by atoms with Gasteiger partial charge in [0.15, 0.2) is 11.9 Å². The number of aliphatic hydroxyl groups is 1. The van der Waals surface area contributed by atoms with Crippen molar-refractivity contribution in [1.29, 1.82) is 0 Å². The molecule has 0 aromatic heterocycles. The minimum atomic E-state index is -1.88. The highest BCUT2D eigenvalue weighted by Crippen LogP contribution is 2.67. The van der Waals surface area contributed by atoms with E-state index in [1.807, 2.05) is 35.6 Å². The quantitative estimate of drug-likeness (QED) is 0.281. The number of aryl methyl sites for hydroxylation is 1. The third kappa shape index (κ3) is 2.78. The van der Waals surface area contributed by atoms with E-state index in [2.05, 4.69) is 0 Å². The van der Waals surface area contributed by atoms with Crippen molar-refractivity contribution < 1.29 is 48.2 Å². The van der Waals surface area contributed by atoms with Crippen LogP contribution in [0.25, 0.3) is 10.8 Å². The molecule has 10 nitrogen and oxygen atoms in total. The third-order valence-corrected chi connectivity index (χ3v) is 9.42. The first-order valence-corrected chi connectivity index (χ1v) is 13.6. The summed E-state index contributed by atoms with van der Waals surface area (Å²) in [6, 6.07) is 1.89. The van der Waals surface area contributed by atoms with Crippen LogP contribution in [-0.4, -0.2) is 78.4 Å². The van der Waals surface area contributed by atoms with Crippen molar-refractivity contribution in [2.45, 2.75) is 61.9 Å². The van der Waals surface area contributed by atoms with Gasteiger partial charge in [0, 0.05) is 48.7 Å². The summed E-state index contributed by atoms with van der Waals surface area (Å²) in [5, 5.41) is 24.7. The first-order chi connectivity index (χ1) is 17.7. The molecule has 0 spiro atoms. The molecule has 4 aliphatic rings. The standard InChI is InChI=1S/C26H29IO10/c1-11-9-13-17(18(29)16-12(19(13)31-2)7-6-8-14(16)28)20-15(11)21-22-25(34-5,35-20)24(30,10-27)26(36-21,37-22)23(32-3)33-4/h9,21-23,29-30H,6-8,10H2,1-5H3/t21?,22?,24-,25+,26?/m0/s1. The van der Waals surface area contributed by atoms with Gasteiger partial charge in [-0.3, -0.25) is 4.79 Å². The molecule has 3 unspecified atom stereocenters. The highest BCUT2D eigenvalue weighted by Gasteiger charge is 2.87. The predicted molar refractivity (Wildman–Crippen MR) is 138 cm³/mol. The minimum absolute atomic E-state index is 0.0767. The number of phenolic OH excluding ortho intramolecular Hbond substituents is 1. The lowest BCUT2D eigenvalue weighted by molar-refractivity contribution is -0.390. The van der Waals surface area contributed by atoms with Gasteiger partial charge in [0.2, 0.25) is 11.9 Å². The van der Waals surface area contributed by atoms with E-state index in [0.29, 0.717) is 46.9 Å². The summed E-state index contributed by atoms with van der Waals surface area (Å²) in [4.78, 5) is 13.0. The number of aromatic hydroxyl groups is 1. The lowest BCUT2D eigenvalue weighted by atomic mass is 9.76. The van der Waals surface area contributed by atoms with Gasteiger partial charge in [-0.1, -0.05) is 22.6 Å². The zero-order chi connectivity index (χ0) is 26.5. The highest BCUT2D eigenvalue weighted by molar-refractivity contribution is 14.1. The van der Waals surface area contributed by atoms with Crippen molar-refractivity contribution in [3.63, 3.8) is 0 Å². The Morgan fingerprint density at radius 2 is 1.92 bits per heavy atom. The summed E-state index contributed by atoms with van der Waals surface area (Å²) in [6.07, 6.45) is -1.10. The molecular formula is C26H29IO10. The van der Waals surface area contributed by atoms with Crippen molar-refractivity contribution in [3.05, 3.63) is 28.3 Å². The van der Waals surface area contributed by atoms with Gasteiger partial charge in [-0.15, -0.1) is 0 Å². The molecular weight excluding hydrogens is 599 g/mol. The number of methoxy groups -OCH3 is 4. The van der Waals surface area contributed by atoms with Gasteiger partial charge in [0.05, 0.1) is 18.1 Å². The maximum Gasteiger partial charge on any atom is 0.275 e. The van der Waals surface area contributed by atoms with Gasteiger partial charge >= 0.3 is 0 Å². The molecule has 2 aromatic carbocycles. The molecule has 2 fully saturated rings. The van der Waals surface area contributed by atoms with Gasteiger partial charge in [-0.2, -0.15) is 0 Å². The molecule has 0 radical (unpaired) electrons. The fourth-order valence-corrected chi connectivity index (χ4v) is 7.81. The largest absolute Gasteiger partial charge is 0.506 e. The number of Topliss-reactive ketones (excluding diaryl/α,β-unsaturated/α-hetero) is 1. The average Bonchev–Trinajstić information content (AvgIpc) is 3.39. The van der Waals surface area contributed by atoms with Crippen LogP contribution in [0, 0.1) is 6.92 Å². The van der Waals surface area contributed by atoms with Gasteiger partial charge in [-0.05, 0) is 31.4 Å². The van der Waals surface area contributed by atoms with Crippen LogP contribution in [0.1, 0.15) is 46.0 Å². The number of alkyl halides is 1. The van der Waals surface area contributed by atoms with Gasteiger partial charge in [0.25, 0.3) is 11.6 Å². The fourth-order valence-electron chi connectivity index (χ4n) is 6.75. The number of phenols is 1. The molecule has 0 amide bonds. The van der Waals surface area contributed by atoms with Crippen LogP contribution >= 0.6 is 22.6 Å². The first-order valence-electron chi connectivity index (χ1n) is 12.1. The topological polar surface area (TPSA) is 122 Å². The molecule has 5 atom stereocenters. The molecule has 2 aromatic rings. The van der Waals surface area contributed by atoms with E-state index in [1.54, 1.807) is 7.11 Å².